The van der Waals surface area contributed by atoms with Crippen molar-refractivity contribution in [3.8, 4) is 0 Å². The van der Waals surface area contributed by atoms with Gasteiger partial charge in [0.25, 0.3) is 0 Å². The van der Waals surface area contributed by atoms with Crippen LogP contribution < -0.4 is 4.90 Å². The average Bonchev–Trinajstić information content (AvgIpc) is 2.69. The van der Waals surface area contributed by atoms with Crippen LogP contribution in [0.25, 0.3) is 0 Å². The Kier molecular flexibility index (Phi) is 6.41. The zero-order valence-corrected chi connectivity index (χ0v) is 19.8. The topological polar surface area (TPSA) is 3.24 Å². The van der Waals surface area contributed by atoms with Gasteiger partial charge in [0.05, 0.1) is 0 Å². The molecular formula is C29H37N. The molecule has 1 nitrogen and oxygen atoms in total. The van der Waals surface area contributed by atoms with Crippen molar-refractivity contribution in [2.45, 2.75) is 72.1 Å². The highest BCUT2D eigenvalue weighted by Crippen LogP contribution is 2.37. The molecule has 0 bridgehead atoms. The summed E-state index contributed by atoms with van der Waals surface area (Å²) < 4.78 is 0. The molecule has 1 heteroatoms. The first-order valence-electron chi connectivity index (χ1n) is 11.2. The second-order valence-corrected chi connectivity index (χ2v) is 10.3. The lowest BCUT2D eigenvalue weighted by Crippen LogP contribution is -2.14. The number of hydrogen-bond acceptors (Lipinski definition) is 1. The summed E-state index contributed by atoms with van der Waals surface area (Å²) in [6.45, 7) is 15.8. The van der Waals surface area contributed by atoms with Crippen LogP contribution in [0, 0.1) is 0 Å². The molecule has 0 aromatic heterocycles. The van der Waals surface area contributed by atoms with E-state index < -0.39 is 0 Å². The third-order valence-electron chi connectivity index (χ3n) is 5.72. The largest absolute Gasteiger partial charge is 0.311 e. The Morgan fingerprint density at radius 1 is 0.533 bits per heavy atom. The number of anilines is 3. The fourth-order valence-corrected chi connectivity index (χ4v) is 3.77. The molecule has 30 heavy (non-hydrogen) atoms. The van der Waals surface area contributed by atoms with E-state index >= 15 is 0 Å². The zero-order chi connectivity index (χ0) is 21.9. The second kappa shape index (κ2) is 8.68. The number of rotatable bonds is 5. The van der Waals surface area contributed by atoms with Crippen LogP contribution in [0.4, 0.5) is 17.1 Å². The molecule has 0 aliphatic carbocycles. The predicted molar refractivity (Wildman–Crippen MR) is 133 cm³/mol. The lowest BCUT2D eigenvalue weighted by atomic mass is 9.86. The molecule has 3 aromatic rings. The Balaban J connectivity index is 2.04. The first-order chi connectivity index (χ1) is 14.1. The standard InChI is InChI=1S/C29H37N/c1-8-9-22-10-16-25(17-11-22)30(26-18-12-23(13-19-26)28(2,3)4)27-20-14-24(15-21-27)29(5,6)7/h10-21H,8-9H2,1-7H3. The molecule has 0 unspecified atom stereocenters. The molecule has 0 saturated carbocycles. The minimum absolute atomic E-state index is 0.152. The van der Waals surface area contributed by atoms with Gasteiger partial charge in [0.2, 0.25) is 0 Å². The van der Waals surface area contributed by atoms with E-state index in [4.69, 9.17) is 0 Å². The molecule has 0 aliphatic rings. The Labute approximate surface area is 183 Å². The number of nitrogens with zero attached hydrogens (tertiary/aromatic N) is 1. The van der Waals surface area contributed by atoms with Gasteiger partial charge < -0.3 is 4.90 Å². The highest BCUT2D eigenvalue weighted by atomic mass is 15.1. The third kappa shape index (κ3) is 5.14. The lowest BCUT2D eigenvalue weighted by Gasteiger charge is -2.28. The van der Waals surface area contributed by atoms with Crippen molar-refractivity contribution in [1.29, 1.82) is 0 Å². The Morgan fingerprint density at radius 3 is 1.17 bits per heavy atom. The first kappa shape index (κ1) is 22.2. The minimum Gasteiger partial charge on any atom is -0.311 e. The summed E-state index contributed by atoms with van der Waals surface area (Å²) in [5.41, 5.74) is 7.98. The van der Waals surface area contributed by atoms with Gasteiger partial charge in [-0.25, -0.2) is 0 Å². The highest BCUT2D eigenvalue weighted by Gasteiger charge is 2.18. The number of benzene rings is 3. The monoisotopic (exact) mass is 399 g/mol. The maximum atomic E-state index is 2.36. The molecule has 0 atom stereocenters. The third-order valence-corrected chi connectivity index (χ3v) is 5.72. The maximum Gasteiger partial charge on any atom is 0.0461 e. The van der Waals surface area contributed by atoms with Crippen molar-refractivity contribution in [3.05, 3.63) is 89.5 Å². The molecule has 0 saturated heterocycles. The van der Waals surface area contributed by atoms with Crippen molar-refractivity contribution >= 4 is 17.1 Å². The Hall–Kier alpha value is -2.54. The van der Waals surface area contributed by atoms with E-state index in [-0.39, 0.29) is 10.8 Å². The fourth-order valence-electron chi connectivity index (χ4n) is 3.77. The molecule has 0 heterocycles. The van der Waals surface area contributed by atoms with Crippen molar-refractivity contribution in [2.75, 3.05) is 4.90 Å². The van der Waals surface area contributed by atoms with Crippen molar-refractivity contribution in [2.24, 2.45) is 0 Å². The normalized spacial score (nSPS) is 12.1. The van der Waals surface area contributed by atoms with Gasteiger partial charge in [0.1, 0.15) is 0 Å². The highest BCUT2D eigenvalue weighted by molar-refractivity contribution is 5.76. The summed E-state index contributed by atoms with van der Waals surface area (Å²) in [7, 11) is 0. The van der Waals surface area contributed by atoms with E-state index in [0.717, 1.165) is 6.42 Å². The summed E-state index contributed by atoms with van der Waals surface area (Å²) in [6, 6.07) is 27.1. The molecular weight excluding hydrogens is 362 g/mol. The Bertz CT molecular complexity index is 876. The van der Waals surface area contributed by atoms with Gasteiger partial charge in [-0.3, -0.25) is 0 Å². The minimum atomic E-state index is 0.152. The van der Waals surface area contributed by atoms with Crippen LogP contribution >= 0.6 is 0 Å². The predicted octanol–water partition coefficient (Wildman–Crippen LogP) is 8.70. The number of aryl methyl sites for hydroxylation is 1. The smallest absolute Gasteiger partial charge is 0.0461 e. The molecule has 0 N–H and O–H groups in total. The van der Waals surface area contributed by atoms with Crippen LogP contribution in [0.2, 0.25) is 0 Å². The zero-order valence-electron chi connectivity index (χ0n) is 19.8. The van der Waals surface area contributed by atoms with Gasteiger partial charge in [-0.1, -0.05) is 91.3 Å². The molecule has 3 rings (SSSR count). The Morgan fingerprint density at radius 2 is 0.867 bits per heavy atom. The van der Waals surface area contributed by atoms with Crippen molar-refractivity contribution < 1.29 is 0 Å². The van der Waals surface area contributed by atoms with E-state index in [2.05, 4.69) is 126 Å². The molecule has 0 spiro atoms. The van der Waals surface area contributed by atoms with E-state index in [9.17, 15) is 0 Å². The van der Waals surface area contributed by atoms with Crippen LogP contribution in [0.3, 0.4) is 0 Å². The summed E-state index contributed by atoms with van der Waals surface area (Å²) in [6.07, 6.45) is 2.30. The van der Waals surface area contributed by atoms with Crippen molar-refractivity contribution in [3.63, 3.8) is 0 Å². The van der Waals surface area contributed by atoms with Gasteiger partial charge in [0, 0.05) is 17.1 Å². The SMILES string of the molecule is CCCc1ccc(N(c2ccc(C(C)(C)C)cc2)c2ccc(C(C)(C)C)cc2)cc1. The van der Waals surface area contributed by atoms with Gasteiger partial charge in [-0.15, -0.1) is 0 Å². The second-order valence-electron chi connectivity index (χ2n) is 10.3. The molecule has 3 aromatic carbocycles. The molecule has 158 valence electrons. The summed E-state index contributed by atoms with van der Waals surface area (Å²) in [5.74, 6) is 0. The summed E-state index contributed by atoms with van der Waals surface area (Å²) in [4.78, 5) is 2.36. The first-order valence-corrected chi connectivity index (χ1v) is 11.2. The quantitative estimate of drug-likeness (QED) is 0.414. The average molecular weight is 400 g/mol. The maximum absolute atomic E-state index is 2.36. The van der Waals surface area contributed by atoms with Crippen LogP contribution in [0.5, 0.6) is 0 Å². The van der Waals surface area contributed by atoms with Gasteiger partial charge in [0.15, 0.2) is 0 Å². The molecule has 0 fully saturated rings. The van der Waals surface area contributed by atoms with E-state index in [1.54, 1.807) is 0 Å². The molecule has 0 aliphatic heterocycles. The van der Waals surface area contributed by atoms with Crippen LogP contribution in [-0.2, 0) is 17.3 Å². The van der Waals surface area contributed by atoms with Crippen LogP contribution in [0.15, 0.2) is 72.8 Å². The van der Waals surface area contributed by atoms with Gasteiger partial charge >= 0.3 is 0 Å². The van der Waals surface area contributed by atoms with E-state index in [1.807, 2.05) is 0 Å². The van der Waals surface area contributed by atoms with E-state index in [1.165, 1.54) is 40.2 Å². The number of hydrogen-bond donors (Lipinski definition) is 0. The lowest BCUT2D eigenvalue weighted by molar-refractivity contribution is 0.590. The summed E-state index contributed by atoms with van der Waals surface area (Å²) >= 11 is 0. The molecule has 0 radical (unpaired) electrons. The van der Waals surface area contributed by atoms with Crippen molar-refractivity contribution in [1.82, 2.24) is 0 Å². The summed E-state index contributed by atoms with van der Waals surface area (Å²) in [5, 5.41) is 0. The fraction of sp³-hybridized carbons (Fsp3) is 0.379. The van der Waals surface area contributed by atoms with Crippen LogP contribution in [-0.4, -0.2) is 0 Å². The van der Waals surface area contributed by atoms with Crippen LogP contribution in [0.1, 0.15) is 71.6 Å². The molecule has 0 amide bonds. The van der Waals surface area contributed by atoms with E-state index in [0.29, 0.717) is 0 Å². The van der Waals surface area contributed by atoms with Gasteiger partial charge in [-0.05, 0) is 70.3 Å². The van der Waals surface area contributed by atoms with Gasteiger partial charge in [-0.2, -0.15) is 0 Å².